The van der Waals surface area contributed by atoms with Crippen LogP contribution < -0.4 is 4.90 Å². The Morgan fingerprint density at radius 3 is 2.86 bits per heavy atom. The van der Waals surface area contributed by atoms with Gasteiger partial charge in [-0.15, -0.1) is 0 Å². The van der Waals surface area contributed by atoms with Crippen LogP contribution in [-0.4, -0.2) is 35.2 Å². The molecule has 0 saturated carbocycles. The number of hydrogen-bond donors (Lipinski definition) is 1. The molecule has 0 unspecified atom stereocenters. The molecule has 3 aliphatic rings. The zero-order valence-electron chi connectivity index (χ0n) is 10.9. The Morgan fingerprint density at radius 1 is 1.33 bits per heavy atom. The van der Waals surface area contributed by atoms with Crippen LogP contribution in [0.25, 0.3) is 0 Å². The van der Waals surface area contributed by atoms with Gasteiger partial charge in [-0.3, -0.25) is 9.59 Å². The molecule has 0 radical (unpaired) electrons. The smallest absolute Gasteiger partial charge is 0.241 e. The highest BCUT2D eigenvalue weighted by atomic mass is 127. The van der Waals surface area contributed by atoms with Crippen LogP contribution in [0.1, 0.15) is 0 Å². The third kappa shape index (κ3) is 1.63. The summed E-state index contributed by atoms with van der Waals surface area (Å²) >= 11 is 2.14. The number of fused-ring (bicyclic) bond motifs is 5. The molecule has 0 spiro atoms. The largest absolute Gasteiger partial charge is 0.393 e. The maximum Gasteiger partial charge on any atom is 0.241 e. The second kappa shape index (κ2) is 4.37. The minimum absolute atomic E-state index is 0.239. The number of aliphatic hydroxyl groups excluding tert-OH is 1. The van der Waals surface area contributed by atoms with Crippen LogP contribution in [0.4, 0.5) is 5.69 Å². The van der Waals surface area contributed by atoms with E-state index in [0.29, 0.717) is 5.69 Å². The lowest BCUT2D eigenvalue weighted by Crippen LogP contribution is -2.43. The van der Waals surface area contributed by atoms with E-state index >= 15 is 0 Å². The van der Waals surface area contributed by atoms with Crippen molar-refractivity contribution in [2.75, 3.05) is 11.5 Å². The van der Waals surface area contributed by atoms with Crippen LogP contribution in [-0.2, 0) is 14.3 Å². The van der Waals surface area contributed by atoms with E-state index in [1.54, 1.807) is 24.3 Å². The van der Waals surface area contributed by atoms with Crippen molar-refractivity contribution in [3.63, 3.8) is 0 Å². The Kier molecular flexibility index (Phi) is 2.79. The van der Waals surface area contributed by atoms with Crippen molar-refractivity contribution in [1.82, 2.24) is 0 Å². The lowest BCUT2D eigenvalue weighted by atomic mass is 9.77. The fraction of sp³-hybridized carbons (Fsp3) is 0.333. The number of imide groups is 1. The van der Waals surface area contributed by atoms with E-state index in [-0.39, 0.29) is 18.4 Å². The van der Waals surface area contributed by atoms with E-state index in [4.69, 9.17) is 4.74 Å². The first-order valence-corrected chi connectivity index (χ1v) is 7.77. The highest BCUT2D eigenvalue weighted by molar-refractivity contribution is 14.1. The van der Waals surface area contributed by atoms with Gasteiger partial charge in [-0.1, -0.05) is 18.2 Å². The van der Waals surface area contributed by atoms with Gasteiger partial charge in [0.15, 0.2) is 0 Å². The number of ether oxygens (including phenoxy) is 1. The maximum atomic E-state index is 12.7. The van der Waals surface area contributed by atoms with E-state index in [0.717, 1.165) is 3.57 Å². The van der Waals surface area contributed by atoms with E-state index in [1.165, 1.54) is 4.90 Å². The van der Waals surface area contributed by atoms with E-state index in [9.17, 15) is 14.7 Å². The second-order valence-corrected chi connectivity index (χ2v) is 6.80. The number of benzene rings is 1. The minimum atomic E-state index is -1.03. The molecule has 6 heteroatoms. The molecule has 0 aromatic heterocycles. The highest BCUT2D eigenvalue weighted by Gasteiger charge is 2.67. The Bertz CT molecular complexity index is 688. The molecule has 2 amide bonds. The molecule has 0 aliphatic carbocycles. The van der Waals surface area contributed by atoms with Crippen LogP contribution in [0, 0.1) is 15.4 Å². The van der Waals surface area contributed by atoms with Crippen LogP contribution in [0.5, 0.6) is 0 Å². The second-order valence-electron chi connectivity index (χ2n) is 5.55. The van der Waals surface area contributed by atoms with Gasteiger partial charge in [0.1, 0.15) is 5.60 Å². The fourth-order valence-corrected chi connectivity index (χ4v) is 4.08. The molecule has 3 aliphatic heterocycles. The molecule has 1 aromatic rings. The molecule has 4 rings (SSSR count). The van der Waals surface area contributed by atoms with Gasteiger partial charge < -0.3 is 9.84 Å². The van der Waals surface area contributed by atoms with Crippen molar-refractivity contribution in [2.45, 2.75) is 11.7 Å². The number of aliphatic hydroxyl groups is 1. The van der Waals surface area contributed by atoms with Gasteiger partial charge in [-0.05, 0) is 40.8 Å². The van der Waals surface area contributed by atoms with Crippen LogP contribution in [0.2, 0.25) is 0 Å². The van der Waals surface area contributed by atoms with Crippen molar-refractivity contribution in [1.29, 1.82) is 0 Å². The number of amides is 2. The molecule has 2 bridgehead atoms. The minimum Gasteiger partial charge on any atom is -0.393 e. The quantitative estimate of drug-likeness (QED) is 0.461. The van der Waals surface area contributed by atoms with Crippen LogP contribution >= 0.6 is 22.6 Å². The Labute approximate surface area is 134 Å². The first kappa shape index (κ1) is 13.4. The monoisotopic (exact) mass is 397 g/mol. The van der Waals surface area contributed by atoms with Crippen molar-refractivity contribution >= 4 is 40.1 Å². The van der Waals surface area contributed by atoms with Crippen LogP contribution in [0.15, 0.2) is 36.4 Å². The summed E-state index contributed by atoms with van der Waals surface area (Å²) in [7, 11) is 0. The molecule has 2 fully saturated rings. The molecular weight excluding hydrogens is 385 g/mol. The van der Waals surface area contributed by atoms with E-state index < -0.39 is 23.5 Å². The molecule has 21 heavy (non-hydrogen) atoms. The summed E-state index contributed by atoms with van der Waals surface area (Å²) in [4.78, 5) is 26.6. The number of carbonyl (C=O) groups excluding carboxylic acids is 2. The van der Waals surface area contributed by atoms with Gasteiger partial charge >= 0.3 is 0 Å². The molecule has 108 valence electrons. The average molecular weight is 397 g/mol. The lowest BCUT2D eigenvalue weighted by molar-refractivity contribution is -0.128. The highest BCUT2D eigenvalue weighted by Crippen LogP contribution is 2.52. The Balaban J connectivity index is 1.79. The van der Waals surface area contributed by atoms with Gasteiger partial charge in [-0.2, -0.15) is 0 Å². The summed E-state index contributed by atoms with van der Waals surface area (Å²) in [5.74, 6) is -1.67. The Hall–Kier alpha value is -1.25. The van der Waals surface area contributed by atoms with Gasteiger partial charge in [0, 0.05) is 3.57 Å². The van der Waals surface area contributed by atoms with Crippen LogP contribution in [0.3, 0.4) is 0 Å². The third-order valence-electron chi connectivity index (χ3n) is 4.47. The number of rotatable bonds is 2. The summed E-state index contributed by atoms with van der Waals surface area (Å²) in [6.45, 7) is -0.291. The number of anilines is 1. The summed E-state index contributed by atoms with van der Waals surface area (Å²) in [5, 5.41) is 9.64. The zero-order chi connectivity index (χ0) is 14.8. The molecule has 5 nitrogen and oxygen atoms in total. The van der Waals surface area contributed by atoms with Crippen molar-refractivity contribution in [3.8, 4) is 0 Å². The first-order valence-electron chi connectivity index (χ1n) is 6.69. The van der Waals surface area contributed by atoms with Crippen molar-refractivity contribution in [2.24, 2.45) is 11.8 Å². The summed E-state index contributed by atoms with van der Waals surface area (Å²) < 4.78 is 6.65. The standard InChI is InChI=1S/C15H12INO4/c16-8-2-1-3-9(6-8)17-13(19)11-10-4-5-15(7-18,21-10)12(11)14(17)20/h1-6,10-12,18H,7H2/t10-,11+,12+,15+/m1/s1. The average Bonchev–Trinajstić information content (AvgIpc) is 3.10. The molecule has 3 heterocycles. The first-order chi connectivity index (χ1) is 10.1. The van der Waals surface area contributed by atoms with Crippen molar-refractivity contribution < 1.29 is 19.4 Å². The Morgan fingerprint density at radius 2 is 2.14 bits per heavy atom. The lowest BCUT2D eigenvalue weighted by Gasteiger charge is -2.26. The predicted molar refractivity (Wildman–Crippen MR) is 82.5 cm³/mol. The summed E-state index contributed by atoms with van der Waals surface area (Å²) in [6, 6.07) is 7.27. The third-order valence-corrected chi connectivity index (χ3v) is 5.14. The number of nitrogens with zero attached hydrogens (tertiary/aromatic N) is 1. The topological polar surface area (TPSA) is 66.8 Å². The molecule has 4 atom stereocenters. The van der Waals surface area contributed by atoms with Crippen molar-refractivity contribution in [3.05, 3.63) is 40.0 Å². The van der Waals surface area contributed by atoms with Gasteiger partial charge in [0.25, 0.3) is 0 Å². The van der Waals surface area contributed by atoms with E-state index in [2.05, 4.69) is 22.6 Å². The summed E-state index contributed by atoms with van der Waals surface area (Å²) in [6.07, 6.45) is 3.09. The number of hydrogen-bond acceptors (Lipinski definition) is 4. The molecule has 1 N–H and O–H groups in total. The van der Waals surface area contributed by atoms with E-state index in [1.807, 2.05) is 12.1 Å². The maximum absolute atomic E-state index is 12.7. The van der Waals surface area contributed by atoms with Gasteiger partial charge in [0.05, 0.1) is 30.2 Å². The molecular formula is C15H12INO4. The predicted octanol–water partition coefficient (Wildman–Crippen LogP) is 1.10. The van der Waals surface area contributed by atoms with Gasteiger partial charge in [0.2, 0.25) is 11.8 Å². The number of carbonyl (C=O) groups is 2. The molecule has 1 aromatic carbocycles. The SMILES string of the molecule is O=C1[C@@H]2[C@@H](C(=O)N1c1cccc(I)c1)[C@@]1(CO)C=C[C@H]2O1. The molecule has 2 saturated heterocycles. The zero-order valence-corrected chi connectivity index (χ0v) is 13.1. The number of halogens is 1. The fourth-order valence-electron chi connectivity index (χ4n) is 3.55. The normalized spacial score (nSPS) is 36.7. The van der Waals surface area contributed by atoms with Gasteiger partial charge in [-0.25, -0.2) is 4.90 Å². The summed E-state index contributed by atoms with van der Waals surface area (Å²) in [5.41, 5.74) is -0.447.